The molecule has 0 spiro atoms. The van der Waals surface area contributed by atoms with E-state index in [0.717, 1.165) is 0 Å². The van der Waals surface area contributed by atoms with Crippen molar-refractivity contribution in [2.75, 3.05) is 0 Å². The normalized spacial score (nSPS) is 10.4. The second kappa shape index (κ2) is 3.54. The smallest absolute Gasteiger partial charge is 0.255 e. The number of nitrogens with zero attached hydrogens (tertiary/aromatic N) is 5. The molecule has 0 atom stereocenters. The van der Waals surface area contributed by atoms with Gasteiger partial charge in [-0.2, -0.15) is 5.21 Å². The van der Waals surface area contributed by atoms with Crippen LogP contribution in [0.4, 0.5) is 0 Å². The van der Waals surface area contributed by atoms with Crippen molar-refractivity contribution < 1.29 is 0 Å². The fourth-order valence-electron chi connectivity index (χ4n) is 0.924. The van der Waals surface area contributed by atoms with Gasteiger partial charge in [0.1, 0.15) is 5.15 Å². The van der Waals surface area contributed by atoms with Crippen LogP contribution in [0.2, 0.25) is 5.15 Å². The van der Waals surface area contributed by atoms with Crippen LogP contribution in [0.3, 0.4) is 0 Å². The Morgan fingerprint density at radius 3 is 3.07 bits per heavy atom. The zero-order valence-corrected chi connectivity index (χ0v) is 7.64. The van der Waals surface area contributed by atoms with Crippen molar-refractivity contribution in [1.82, 2.24) is 30.2 Å². The summed E-state index contributed by atoms with van der Waals surface area (Å²) in [7, 11) is 0. The van der Waals surface area contributed by atoms with Crippen molar-refractivity contribution in [3.8, 4) is 0 Å². The second-order valence-electron chi connectivity index (χ2n) is 2.51. The Kier molecular flexibility index (Phi) is 2.23. The lowest BCUT2D eigenvalue weighted by Gasteiger charge is -1.99. The van der Waals surface area contributed by atoms with Crippen LogP contribution in [0, 0.1) is 0 Å². The summed E-state index contributed by atoms with van der Waals surface area (Å²) in [4.78, 5) is 15.1. The molecule has 2 aromatic heterocycles. The highest BCUT2D eigenvalue weighted by molar-refractivity contribution is 6.29. The minimum Gasteiger partial charge on any atom is -0.291 e. The molecule has 0 radical (unpaired) electrons. The number of rotatable bonds is 2. The van der Waals surface area contributed by atoms with Crippen LogP contribution in [0.15, 0.2) is 17.2 Å². The van der Waals surface area contributed by atoms with Crippen LogP contribution in [0.1, 0.15) is 5.82 Å². The van der Waals surface area contributed by atoms with E-state index >= 15 is 0 Å². The first-order chi connectivity index (χ1) is 6.75. The molecule has 0 saturated heterocycles. The number of tetrazole rings is 1. The van der Waals surface area contributed by atoms with Gasteiger partial charge in [0.15, 0.2) is 5.82 Å². The molecule has 7 nitrogen and oxygen atoms in total. The van der Waals surface area contributed by atoms with Crippen molar-refractivity contribution in [3.05, 3.63) is 33.7 Å². The van der Waals surface area contributed by atoms with Gasteiger partial charge in [-0.1, -0.05) is 16.8 Å². The summed E-state index contributed by atoms with van der Waals surface area (Å²) in [5, 5.41) is 13.2. The van der Waals surface area contributed by atoms with Crippen molar-refractivity contribution in [3.63, 3.8) is 0 Å². The van der Waals surface area contributed by atoms with Crippen LogP contribution in [-0.2, 0) is 6.54 Å². The molecule has 0 aromatic carbocycles. The van der Waals surface area contributed by atoms with Gasteiger partial charge in [-0.15, -0.1) is 10.2 Å². The Morgan fingerprint density at radius 1 is 1.57 bits per heavy atom. The highest BCUT2D eigenvalue weighted by atomic mass is 35.5. The van der Waals surface area contributed by atoms with Gasteiger partial charge in [-0.25, -0.2) is 4.98 Å². The molecule has 0 aliphatic heterocycles. The van der Waals surface area contributed by atoms with Crippen LogP contribution >= 0.6 is 11.6 Å². The largest absolute Gasteiger partial charge is 0.291 e. The Balaban J connectivity index is 2.30. The monoisotopic (exact) mass is 212 g/mol. The first kappa shape index (κ1) is 8.82. The Labute approximate surface area is 82.7 Å². The molecule has 0 saturated carbocycles. The van der Waals surface area contributed by atoms with E-state index in [1.165, 1.54) is 17.0 Å². The zero-order chi connectivity index (χ0) is 9.97. The molecule has 2 heterocycles. The lowest BCUT2D eigenvalue weighted by molar-refractivity contribution is 0.699. The molecule has 0 unspecified atom stereocenters. The standard InChI is InChI=1S/C6H5ClN6O/c7-4-1-6(14)13(3-8-4)2-5-9-11-12-10-5/h1,3H,2H2,(H,9,10,11,12). The fourth-order valence-corrected chi connectivity index (χ4v) is 1.06. The number of nitrogens with one attached hydrogen (secondary N) is 1. The molecule has 1 N–H and O–H groups in total. The van der Waals surface area contributed by atoms with E-state index in [1.807, 2.05) is 0 Å². The molecule has 0 fully saturated rings. The maximum absolute atomic E-state index is 11.3. The van der Waals surface area contributed by atoms with Crippen LogP contribution in [0.25, 0.3) is 0 Å². The molecule has 0 aliphatic rings. The maximum Gasteiger partial charge on any atom is 0.255 e. The molecule has 0 bridgehead atoms. The molecule has 0 amide bonds. The molecular weight excluding hydrogens is 208 g/mol. The third-order valence-electron chi connectivity index (χ3n) is 1.55. The SMILES string of the molecule is O=c1cc(Cl)ncn1Cc1nn[nH]n1. The van der Waals surface area contributed by atoms with Crippen LogP contribution in [-0.4, -0.2) is 30.2 Å². The van der Waals surface area contributed by atoms with Crippen molar-refractivity contribution >= 4 is 11.6 Å². The van der Waals surface area contributed by atoms with Crippen molar-refractivity contribution in [1.29, 1.82) is 0 Å². The number of hydrogen-bond donors (Lipinski definition) is 1. The number of aromatic amines is 1. The lowest BCUT2D eigenvalue weighted by Crippen LogP contribution is -2.20. The van der Waals surface area contributed by atoms with E-state index in [-0.39, 0.29) is 17.3 Å². The summed E-state index contributed by atoms with van der Waals surface area (Å²) in [5.41, 5.74) is -0.255. The predicted molar refractivity (Wildman–Crippen MR) is 46.8 cm³/mol. The first-order valence-corrected chi connectivity index (χ1v) is 4.08. The average Bonchev–Trinajstić information content (AvgIpc) is 2.62. The van der Waals surface area contributed by atoms with E-state index in [9.17, 15) is 4.79 Å². The van der Waals surface area contributed by atoms with Crippen LogP contribution in [0.5, 0.6) is 0 Å². The van der Waals surface area contributed by atoms with Crippen LogP contribution < -0.4 is 5.56 Å². The highest BCUT2D eigenvalue weighted by Gasteiger charge is 2.02. The first-order valence-electron chi connectivity index (χ1n) is 3.70. The van der Waals surface area contributed by atoms with Gasteiger partial charge in [0.05, 0.1) is 12.9 Å². The predicted octanol–water partition coefficient (Wildman–Crippen LogP) is -0.542. The molecule has 72 valence electrons. The Morgan fingerprint density at radius 2 is 2.43 bits per heavy atom. The van der Waals surface area contributed by atoms with E-state index in [2.05, 4.69) is 25.6 Å². The van der Waals surface area contributed by atoms with Gasteiger partial charge in [-0.05, 0) is 0 Å². The lowest BCUT2D eigenvalue weighted by atomic mass is 10.5. The summed E-state index contributed by atoms with van der Waals surface area (Å²) in [6.45, 7) is 0.222. The zero-order valence-electron chi connectivity index (χ0n) is 6.88. The van der Waals surface area contributed by atoms with E-state index in [1.54, 1.807) is 0 Å². The van der Waals surface area contributed by atoms with Gasteiger partial charge >= 0.3 is 0 Å². The fraction of sp³-hybridized carbons (Fsp3) is 0.167. The van der Waals surface area contributed by atoms with E-state index < -0.39 is 0 Å². The Bertz CT molecular complexity index is 477. The molecule has 8 heteroatoms. The minimum absolute atomic E-state index is 0.166. The summed E-state index contributed by atoms with van der Waals surface area (Å²) >= 11 is 5.52. The van der Waals surface area contributed by atoms with Crippen molar-refractivity contribution in [2.24, 2.45) is 0 Å². The molecule has 14 heavy (non-hydrogen) atoms. The minimum atomic E-state index is -0.255. The van der Waals surface area contributed by atoms with Gasteiger partial charge in [0.2, 0.25) is 0 Å². The average molecular weight is 213 g/mol. The van der Waals surface area contributed by atoms with Crippen molar-refractivity contribution in [2.45, 2.75) is 6.54 Å². The van der Waals surface area contributed by atoms with Gasteiger partial charge in [-0.3, -0.25) is 9.36 Å². The number of H-pyrrole nitrogens is 1. The second-order valence-corrected chi connectivity index (χ2v) is 2.89. The number of halogens is 1. The van der Waals surface area contributed by atoms with E-state index in [4.69, 9.17) is 11.6 Å². The van der Waals surface area contributed by atoms with Gasteiger partial charge < -0.3 is 0 Å². The summed E-state index contributed by atoms with van der Waals surface area (Å²) < 4.78 is 1.33. The third kappa shape index (κ3) is 1.77. The quantitative estimate of drug-likeness (QED) is 0.676. The molecular formula is C6H5ClN6O. The van der Waals surface area contributed by atoms with Gasteiger partial charge in [0.25, 0.3) is 5.56 Å². The van der Waals surface area contributed by atoms with E-state index in [0.29, 0.717) is 5.82 Å². The summed E-state index contributed by atoms with van der Waals surface area (Å²) in [6, 6.07) is 1.22. The summed E-state index contributed by atoms with van der Waals surface area (Å²) in [5.74, 6) is 0.413. The highest BCUT2D eigenvalue weighted by Crippen LogP contribution is 1.97. The molecule has 2 aromatic rings. The summed E-state index contributed by atoms with van der Waals surface area (Å²) in [6.07, 6.45) is 1.33. The number of aromatic nitrogens is 6. The number of hydrogen-bond acceptors (Lipinski definition) is 5. The maximum atomic E-state index is 11.3. The molecule has 0 aliphatic carbocycles. The van der Waals surface area contributed by atoms with Gasteiger partial charge in [0, 0.05) is 6.07 Å². The Hall–Kier alpha value is -1.76. The third-order valence-corrected chi connectivity index (χ3v) is 1.75. The topological polar surface area (TPSA) is 89.4 Å². The molecule has 2 rings (SSSR count).